The summed E-state index contributed by atoms with van der Waals surface area (Å²) in [6, 6.07) is 15.7. The molecular weight excluding hydrogens is 360 g/mol. The van der Waals surface area contributed by atoms with Crippen LogP contribution in [-0.4, -0.2) is 21.4 Å². The summed E-state index contributed by atoms with van der Waals surface area (Å²) in [5.41, 5.74) is 5.55. The number of anilines is 1. The number of nitrogens with zero attached hydrogens (tertiary/aromatic N) is 2. The van der Waals surface area contributed by atoms with Gasteiger partial charge in [0.25, 0.3) is 17.5 Å². The number of rotatable bonds is 5. The van der Waals surface area contributed by atoms with Crippen LogP contribution in [0.4, 0.5) is 11.4 Å². The Hall–Kier alpha value is -3.94. The number of carbonyl (C=O) groups excluding carboxylic acids is 2. The van der Waals surface area contributed by atoms with Gasteiger partial charge in [-0.15, -0.1) is 0 Å². The molecule has 0 bridgehead atoms. The molecule has 1 heterocycles. The van der Waals surface area contributed by atoms with Crippen LogP contribution in [0, 0.1) is 24.0 Å². The summed E-state index contributed by atoms with van der Waals surface area (Å²) in [6.07, 6.45) is 0. The maximum Gasteiger partial charge on any atom is 0.270 e. The minimum atomic E-state index is -0.557. The van der Waals surface area contributed by atoms with Crippen molar-refractivity contribution in [3.05, 3.63) is 93.3 Å². The van der Waals surface area contributed by atoms with Gasteiger partial charge < -0.3 is 5.32 Å². The summed E-state index contributed by atoms with van der Waals surface area (Å²) in [4.78, 5) is 34.9. The molecule has 8 heteroatoms. The highest BCUT2D eigenvalue weighted by Crippen LogP contribution is 2.16. The zero-order valence-electron chi connectivity index (χ0n) is 15.3. The first-order valence-electron chi connectivity index (χ1n) is 8.47. The van der Waals surface area contributed by atoms with Crippen molar-refractivity contribution in [2.24, 2.45) is 0 Å². The van der Waals surface area contributed by atoms with Gasteiger partial charge in [-0.3, -0.25) is 29.8 Å². The van der Waals surface area contributed by atoms with Gasteiger partial charge in [0.05, 0.1) is 4.92 Å². The first-order valence-corrected chi connectivity index (χ1v) is 8.47. The number of hydrogen-bond acceptors (Lipinski definition) is 4. The normalized spacial score (nSPS) is 10.4. The zero-order chi connectivity index (χ0) is 20.3. The van der Waals surface area contributed by atoms with Crippen molar-refractivity contribution in [3.8, 4) is 0 Å². The van der Waals surface area contributed by atoms with Gasteiger partial charge in [0.2, 0.25) is 0 Å². The van der Waals surface area contributed by atoms with E-state index in [-0.39, 0.29) is 17.2 Å². The van der Waals surface area contributed by atoms with Crippen LogP contribution in [0.15, 0.2) is 60.7 Å². The summed E-state index contributed by atoms with van der Waals surface area (Å²) < 4.78 is 1.69. The molecule has 0 aliphatic carbocycles. The number of aryl methyl sites for hydroxylation is 2. The maximum atomic E-state index is 12.4. The predicted octanol–water partition coefficient (Wildman–Crippen LogP) is 3.65. The summed E-state index contributed by atoms with van der Waals surface area (Å²) in [5.74, 6) is -0.751. The number of non-ortho nitro benzene ring substituents is 1. The maximum absolute atomic E-state index is 12.4. The van der Waals surface area contributed by atoms with Crippen LogP contribution in [0.2, 0.25) is 0 Å². The Kier molecular flexibility index (Phi) is 5.21. The first kappa shape index (κ1) is 18.8. The van der Waals surface area contributed by atoms with E-state index in [1.807, 2.05) is 26.0 Å². The second-order valence-electron chi connectivity index (χ2n) is 6.23. The third kappa shape index (κ3) is 4.07. The monoisotopic (exact) mass is 378 g/mol. The van der Waals surface area contributed by atoms with Crippen molar-refractivity contribution in [3.63, 3.8) is 0 Å². The fourth-order valence-corrected chi connectivity index (χ4v) is 2.68. The molecule has 1 aromatic heterocycles. The van der Waals surface area contributed by atoms with E-state index in [1.165, 1.54) is 24.3 Å². The van der Waals surface area contributed by atoms with Crippen LogP contribution in [0.3, 0.4) is 0 Å². The summed E-state index contributed by atoms with van der Waals surface area (Å²) in [5, 5.41) is 13.5. The number of aromatic nitrogens is 1. The van der Waals surface area contributed by atoms with E-state index in [4.69, 9.17) is 0 Å². The van der Waals surface area contributed by atoms with Gasteiger partial charge in [-0.05, 0) is 56.3 Å². The fraction of sp³-hybridized carbons (Fsp3) is 0.100. The van der Waals surface area contributed by atoms with E-state index >= 15 is 0 Å². The number of nitro benzene ring substituents is 1. The Labute approximate surface area is 160 Å². The van der Waals surface area contributed by atoms with Crippen LogP contribution in [0.5, 0.6) is 0 Å². The number of hydrogen-bond donors (Lipinski definition) is 2. The van der Waals surface area contributed by atoms with Crippen LogP contribution in [0.25, 0.3) is 0 Å². The molecular formula is C20H18N4O4. The molecule has 3 rings (SSSR count). The van der Waals surface area contributed by atoms with Crippen LogP contribution >= 0.6 is 0 Å². The van der Waals surface area contributed by atoms with Crippen molar-refractivity contribution in [1.82, 2.24) is 4.68 Å². The van der Waals surface area contributed by atoms with Gasteiger partial charge in [0.1, 0.15) is 0 Å². The Balaban J connectivity index is 1.69. The molecule has 0 atom stereocenters. The molecule has 8 nitrogen and oxygen atoms in total. The predicted molar refractivity (Wildman–Crippen MR) is 105 cm³/mol. The van der Waals surface area contributed by atoms with Crippen LogP contribution in [0.1, 0.15) is 32.1 Å². The molecule has 2 amide bonds. The molecule has 0 saturated carbocycles. The number of nitro groups is 1. The van der Waals surface area contributed by atoms with Crippen molar-refractivity contribution < 1.29 is 14.5 Å². The van der Waals surface area contributed by atoms with Crippen molar-refractivity contribution in [2.45, 2.75) is 13.8 Å². The van der Waals surface area contributed by atoms with Crippen molar-refractivity contribution in [2.75, 3.05) is 10.7 Å². The van der Waals surface area contributed by atoms with E-state index in [0.29, 0.717) is 11.3 Å². The molecule has 0 radical (unpaired) electrons. The molecule has 3 aromatic rings. The quantitative estimate of drug-likeness (QED) is 0.522. The lowest BCUT2D eigenvalue weighted by molar-refractivity contribution is -0.384. The highest BCUT2D eigenvalue weighted by molar-refractivity contribution is 6.05. The van der Waals surface area contributed by atoms with E-state index in [0.717, 1.165) is 11.4 Å². The Morgan fingerprint density at radius 2 is 1.54 bits per heavy atom. The third-order valence-corrected chi connectivity index (χ3v) is 4.21. The topological polar surface area (TPSA) is 106 Å². The van der Waals surface area contributed by atoms with Gasteiger partial charge >= 0.3 is 0 Å². The number of amides is 2. The second kappa shape index (κ2) is 7.75. The lowest BCUT2D eigenvalue weighted by Crippen LogP contribution is -2.24. The van der Waals surface area contributed by atoms with Gasteiger partial charge in [-0.1, -0.05) is 6.07 Å². The number of benzene rings is 2. The van der Waals surface area contributed by atoms with E-state index in [1.54, 1.807) is 28.9 Å². The smallest absolute Gasteiger partial charge is 0.270 e. The highest BCUT2D eigenvalue weighted by atomic mass is 16.6. The van der Waals surface area contributed by atoms with Gasteiger partial charge in [0.15, 0.2) is 0 Å². The standard InChI is InChI=1S/C20H18N4O4/c1-13-6-7-14(2)23(13)22-20(26)15-8-10-17(11-9-15)21-19(25)16-4-3-5-18(12-16)24(27)28/h3-12H,1-2H3,(H,21,25)(H,22,26). The van der Waals surface area contributed by atoms with E-state index in [9.17, 15) is 19.7 Å². The number of carbonyl (C=O) groups is 2. The van der Waals surface area contributed by atoms with E-state index < -0.39 is 10.8 Å². The largest absolute Gasteiger partial charge is 0.322 e. The van der Waals surface area contributed by atoms with Crippen molar-refractivity contribution in [1.29, 1.82) is 0 Å². The SMILES string of the molecule is Cc1ccc(C)n1NC(=O)c1ccc(NC(=O)c2cccc([N+](=O)[O-])c2)cc1. The molecule has 0 unspecified atom stereocenters. The fourth-order valence-electron chi connectivity index (χ4n) is 2.68. The molecule has 0 aliphatic rings. The molecule has 0 aliphatic heterocycles. The summed E-state index contributed by atoms with van der Waals surface area (Å²) >= 11 is 0. The average Bonchev–Trinajstić information content (AvgIpc) is 3.00. The lowest BCUT2D eigenvalue weighted by Gasteiger charge is -2.12. The number of nitrogens with one attached hydrogen (secondary N) is 2. The Morgan fingerprint density at radius 3 is 2.14 bits per heavy atom. The van der Waals surface area contributed by atoms with Crippen molar-refractivity contribution >= 4 is 23.2 Å². The average molecular weight is 378 g/mol. The lowest BCUT2D eigenvalue weighted by atomic mass is 10.1. The van der Waals surface area contributed by atoms with E-state index in [2.05, 4.69) is 10.7 Å². The van der Waals surface area contributed by atoms with Crippen LogP contribution < -0.4 is 10.7 Å². The van der Waals surface area contributed by atoms with Gasteiger partial charge in [0, 0.05) is 40.3 Å². The third-order valence-electron chi connectivity index (χ3n) is 4.21. The highest BCUT2D eigenvalue weighted by Gasteiger charge is 2.13. The molecule has 28 heavy (non-hydrogen) atoms. The Bertz CT molecular complexity index is 1030. The Morgan fingerprint density at radius 1 is 0.893 bits per heavy atom. The summed E-state index contributed by atoms with van der Waals surface area (Å²) in [6.45, 7) is 3.78. The minimum absolute atomic E-state index is 0.157. The molecule has 2 aromatic carbocycles. The van der Waals surface area contributed by atoms with Gasteiger partial charge in [-0.2, -0.15) is 0 Å². The molecule has 0 spiro atoms. The zero-order valence-corrected chi connectivity index (χ0v) is 15.3. The second-order valence-corrected chi connectivity index (χ2v) is 6.23. The minimum Gasteiger partial charge on any atom is -0.322 e. The summed E-state index contributed by atoms with van der Waals surface area (Å²) in [7, 11) is 0. The first-order chi connectivity index (χ1) is 13.3. The molecule has 142 valence electrons. The molecule has 0 saturated heterocycles. The van der Waals surface area contributed by atoms with Crippen LogP contribution in [-0.2, 0) is 0 Å². The molecule has 2 N–H and O–H groups in total. The molecule has 0 fully saturated rings. The van der Waals surface area contributed by atoms with Gasteiger partial charge in [-0.25, -0.2) is 0 Å².